The van der Waals surface area contributed by atoms with Gasteiger partial charge < -0.3 is 19.5 Å². The fourth-order valence-corrected chi connectivity index (χ4v) is 3.80. The third-order valence-corrected chi connectivity index (χ3v) is 5.43. The highest BCUT2D eigenvalue weighted by Crippen LogP contribution is 2.26. The first-order chi connectivity index (χ1) is 13.6. The predicted octanol–water partition coefficient (Wildman–Crippen LogP) is 3.60. The van der Waals surface area contributed by atoms with Crippen molar-refractivity contribution in [3.05, 3.63) is 41.0 Å². The number of benzene rings is 1. The maximum Gasteiger partial charge on any atom is 0.213 e. The molecule has 0 bridgehead atoms. The van der Waals surface area contributed by atoms with Gasteiger partial charge >= 0.3 is 0 Å². The van der Waals surface area contributed by atoms with Crippen molar-refractivity contribution in [3.63, 3.8) is 0 Å². The number of imidazole rings is 1. The summed E-state index contributed by atoms with van der Waals surface area (Å²) in [5.41, 5.74) is 3.85. The van der Waals surface area contributed by atoms with Crippen molar-refractivity contribution >= 4 is 22.6 Å². The van der Waals surface area contributed by atoms with Crippen LogP contribution in [0.5, 0.6) is 5.88 Å². The van der Waals surface area contributed by atoms with Crippen LogP contribution in [0.2, 0.25) is 5.02 Å². The molecule has 28 heavy (non-hydrogen) atoms. The Labute approximate surface area is 170 Å². The number of rotatable bonds is 6. The summed E-state index contributed by atoms with van der Waals surface area (Å²) in [6, 6.07) is 7.70. The number of halogens is 1. The first-order valence-corrected chi connectivity index (χ1v) is 10.1. The smallest absolute Gasteiger partial charge is 0.213 e. The Morgan fingerprint density at radius 1 is 1.18 bits per heavy atom. The van der Waals surface area contributed by atoms with Crippen molar-refractivity contribution in [2.24, 2.45) is 0 Å². The summed E-state index contributed by atoms with van der Waals surface area (Å²) in [6.45, 7) is 8.36. The molecule has 3 aromatic rings. The Bertz CT molecular complexity index is 932. The maximum atomic E-state index is 6.13. The lowest BCUT2D eigenvalue weighted by Gasteiger charge is -2.32. The molecule has 1 aliphatic heterocycles. The van der Waals surface area contributed by atoms with Crippen LogP contribution in [-0.4, -0.2) is 71.1 Å². The molecule has 0 saturated carbocycles. The van der Waals surface area contributed by atoms with Gasteiger partial charge in [-0.1, -0.05) is 11.6 Å². The fraction of sp³-hybridized carbons (Fsp3) is 0.429. The van der Waals surface area contributed by atoms with Crippen molar-refractivity contribution in [1.29, 1.82) is 0 Å². The second-order valence-corrected chi connectivity index (χ2v) is 7.87. The zero-order valence-electron chi connectivity index (χ0n) is 16.4. The van der Waals surface area contributed by atoms with Gasteiger partial charge in [0.05, 0.1) is 17.6 Å². The van der Waals surface area contributed by atoms with E-state index in [4.69, 9.17) is 16.3 Å². The molecule has 0 unspecified atom stereocenters. The Kier molecular flexibility index (Phi) is 5.80. The number of H-pyrrole nitrogens is 1. The first kappa shape index (κ1) is 19.2. The second kappa shape index (κ2) is 8.47. The molecule has 1 N–H and O–H groups in total. The average molecular weight is 400 g/mol. The zero-order valence-corrected chi connectivity index (χ0v) is 17.2. The molecule has 148 valence electrons. The lowest BCUT2D eigenvalue weighted by Crippen LogP contribution is -2.44. The van der Waals surface area contributed by atoms with Crippen LogP contribution in [0.1, 0.15) is 12.0 Å². The Morgan fingerprint density at radius 3 is 2.75 bits per heavy atom. The van der Waals surface area contributed by atoms with Crippen molar-refractivity contribution in [1.82, 2.24) is 24.8 Å². The standard InChI is InChI=1S/C21H26ClN5O/c1-15-12-17(22)13-18-20(15)25-21(24-18)16-4-5-19(23-14-16)28-11-3-6-27-9-7-26(2)8-10-27/h4-5,12-14H,3,6-11H2,1-2H3,(H,24,25). The SMILES string of the molecule is Cc1cc(Cl)cc2[nH]c(-c3ccc(OCCCN4CCN(C)CC4)nc3)nc12. The molecular weight excluding hydrogens is 374 g/mol. The van der Waals surface area contributed by atoms with Gasteiger partial charge in [0.15, 0.2) is 0 Å². The van der Waals surface area contributed by atoms with Crippen LogP contribution >= 0.6 is 11.6 Å². The van der Waals surface area contributed by atoms with E-state index in [1.54, 1.807) is 6.20 Å². The summed E-state index contributed by atoms with van der Waals surface area (Å²) >= 11 is 6.13. The van der Waals surface area contributed by atoms with E-state index in [0.717, 1.165) is 67.1 Å². The van der Waals surface area contributed by atoms with Gasteiger partial charge in [0, 0.05) is 55.6 Å². The van der Waals surface area contributed by atoms with Crippen LogP contribution in [0.4, 0.5) is 0 Å². The first-order valence-electron chi connectivity index (χ1n) is 9.74. The molecule has 6 nitrogen and oxygen atoms in total. The number of ether oxygens (including phenoxy) is 1. The van der Waals surface area contributed by atoms with E-state index in [9.17, 15) is 0 Å². The van der Waals surface area contributed by atoms with E-state index in [-0.39, 0.29) is 0 Å². The summed E-state index contributed by atoms with van der Waals surface area (Å²) < 4.78 is 5.81. The minimum absolute atomic E-state index is 0.650. The number of hydrogen-bond acceptors (Lipinski definition) is 5. The lowest BCUT2D eigenvalue weighted by atomic mass is 10.2. The monoisotopic (exact) mass is 399 g/mol. The number of aromatic nitrogens is 3. The van der Waals surface area contributed by atoms with Crippen molar-refractivity contribution in [2.75, 3.05) is 46.4 Å². The van der Waals surface area contributed by atoms with Crippen LogP contribution in [0, 0.1) is 6.92 Å². The average Bonchev–Trinajstić information content (AvgIpc) is 3.11. The van der Waals surface area contributed by atoms with E-state index < -0.39 is 0 Å². The third-order valence-electron chi connectivity index (χ3n) is 5.22. The number of aromatic amines is 1. The van der Waals surface area contributed by atoms with Gasteiger partial charge in [-0.25, -0.2) is 9.97 Å². The van der Waals surface area contributed by atoms with Crippen molar-refractivity contribution < 1.29 is 4.74 Å². The number of pyridine rings is 1. The molecule has 7 heteroatoms. The van der Waals surface area contributed by atoms with Crippen LogP contribution in [0.25, 0.3) is 22.4 Å². The zero-order chi connectivity index (χ0) is 19.5. The molecule has 2 aromatic heterocycles. The lowest BCUT2D eigenvalue weighted by molar-refractivity contribution is 0.145. The van der Waals surface area contributed by atoms with E-state index in [2.05, 4.69) is 31.8 Å². The van der Waals surface area contributed by atoms with Gasteiger partial charge in [-0.2, -0.15) is 0 Å². The van der Waals surface area contributed by atoms with Crippen LogP contribution in [0.15, 0.2) is 30.5 Å². The van der Waals surface area contributed by atoms with Crippen LogP contribution in [0.3, 0.4) is 0 Å². The molecule has 0 spiro atoms. The number of fused-ring (bicyclic) bond motifs is 1. The molecular formula is C21H26ClN5O. The Morgan fingerprint density at radius 2 is 2.00 bits per heavy atom. The number of nitrogens with one attached hydrogen (secondary N) is 1. The van der Waals surface area contributed by atoms with E-state index >= 15 is 0 Å². The molecule has 0 aliphatic carbocycles. The molecule has 4 rings (SSSR count). The van der Waals surface area contributed by atoms with Gasteiger partial charge in [0.1, 0.15) is 5.82 Å². The van der Waals surface area contributed by atoms with E-state index in [1.165, 1.54) is 0 Å². The number of hydrogen-bond donors (Lipinski definition) is 1. The molecule has 1 aromatic carbocycles. The van der Waals surface area contributed by atoms with Gasteiger partial charge in [0.25, 0.3) is 0 Å². The number of piperazine rings is 1. The number of nitrogens with zero attached hydrogens (tertiary/aromatic N) is 4. The third kappa shape index (κ3) is 4.46. The maximum absolute atomic E-state index is 6.13. The summed E-state index contributed by atoms with van der Waals surface area (Å²) in [4.78, 5) is 17.3. The fourth-order valence-electron chi connectivity index (χ4n) is 3.53. The molecule has 1 aliphatic rings. The molecule has 3 heterocycles. The molecule has 1 saturated heterocycles. The van der Waals surface area contributed by atoms with Crippen molar-refractivity contribution in [3.8, 4) is 17.3 Å². The largest absolute Gasteiger partial charge is 0.478 e. The van der Waals surface area contributed by atoms with Crippen molar-refractivity contribution in [2.45, 2.75) is 13.3 Å². The van der Waals surface area contributed by atoms with E-state index in [1.807, 2.05) is 31.2 Å². The predicted molar refractivity (Wildman–Crippen MR) is 113 cm³/mol. The minimum Gasteiger partial charge on any atom is -0.478 e. The van der Waals surface area contributed by atoms with Gasteiger partial charge in [-0.15, -0.1) is 0 Å². The summed E-state index contributed by atoms with van der Waals surface area (Å²) in [6.07, 6.45) is 2.81. The van der Waals surface area contributed by atoms with E-state index in [0.29, 0.717) is 17.5 Å². The highest BCUT2D eigenvalue weighted by Gasteiger charge is 2.13. The van der Waals surface area contributed by atoms with Gasteiger partial charge in [-0.05, 0) is 44.2 Å². The topological polar surface area (TPSA) is 57.3 Å². The van der Waals surface area contributed by atoms with Gasteiger partial charge in [-0.3, -0.25) is 0 Å². The highest BCUT2D eigenvalue weighted by molar-refractivity contribution is 6.31. The minimum atomic E-state index is 0.650. The molecule has 0 atom stereocenters. The Hall–Kier alpha value is -2.15. The summed E-state index contributed by atoms with van der Waals surface area (Å²) in [5, 5.41) is 0.707. The molecule has 0 amide bonds. The summed E-state index contributed by atoms with van der Waals surface area (Å²) in [5.74, 6) is 1.44. The number of aryl methyl sites for hydroxylation is 1. The highest BCUT2D eigenvalue weighted by atomic mass is 35.5. The molecule has 0 radical (unpaired) electrons. The quantitative estimate of drug-likeness (QED) is 0.642. The van der Waals surface area contributed by atoms with Crippen LogP contribution in [-0.2, 0) is 0 Å². The number of likely N-dealkylation sites (N-methyl/N-ethyl adjacent to an activating group) is 1. The second-order valence-electron chi connectivity index (χ2n) is 7.44. The van der Waals surface area contributed by atoms with Crippen LogP contribution < -0.4 is 4.74 Å². The molecule has 1 fully saturated rings. The normalized spacial score (nSPS) is 16.0. The van der Waals surface area contributed by atoms with Gasteiger partial charge in [0.2, 0.25) is 5.88 Å². The Balaban J connectivity index is 1.32. The summed E-state index contributed by atoms with van der Waals surface area (Å²) in [7, 11) is 2.18.